The van der Waals surface area contributed by atoms with Crippen LogP contribution in [-0.2, 0) is 4.79 Å². The largest absolute Gasteiger partial charge is 0.401 e. The van der Waals surface area contributed by atoms with Crippen molar-refractivity contribution < 1.29 is 18.0 Å². The van der Waals surface area contributed by atoms with Gasteiger partial charge >= 0.3 is 6.18 Å². The third-order valence-electron chi connectivity index (χ3n) is 1.55. The maximum atomic E-state index is 11.7. The summed E-state index contributed by atoms with van der Waals surface area (Å²) in [6.45, 7) is 2.61. The smallest absolute Gasteiger partial charge is 0.355 e. The van der Waals surface area contributed by atoms with Crippen LogP contribution in [0, 0.1) is 0 Å². The van der Waals surface area contributed by atoms with Crippen LogP contribution in [0.1, 0.15) is 20.3 Å². The number of amides is 1. The molecule has 0 aromatic rings. The first-order valence-electron chi connectivity index (χ1n) is 4.44. The van der Waals surface area contributed by atoms with Gasteiger partial charge in [-0.15, -0.1) is 0 Å². The van der Waals surface area contributed by atoms with Gasteiger partial charge in [-0.05, 0) is 13.3 Å². The quantitative estimate of drug-likeness (QED) is 0.715. The molecule has 0 saturated carbocycles. The molecular weight excluding hydrogens is 197 g/mol. The highest BCUT2D eigenvalue weighted by atomic mass is 19.4. The second kappa shape index (κ2) is 5.85. The number of hydrogen-bond donors (Lipinski definition) is 2. The average molecular weight is 212 g/mol. The van der Waals surface area contributed by atoms with Crippen molar-refractivity contribution in [2.24, 2.45) is 0 Å². The molecule has 1 unspecified atom stereocenters. The van der Waals surface area contributed by atoms with Crippen molar-refractivity contribution in [1.29, 1.82) is 0 Å². The Labute approximate surface area is 81.1 Å². The number of rotatable bonds is 5. The van der Waals surface area contributed by atoms with E-state index in [1.165, 1.54) is 6.92 Å². The number of carbonyl (C=O) groups is 1. The van der Waals surface area contributed by atoms with E-state index in [1.54, 1.807) is 0 Å². The molecule has 14 heavy (non-hydrogen) atoms. The summed E-state index contributed by atoms with van der Waals surface area (Å²) >= 11 is 0. The highest BCUT2D eigenvalue weighted by Crippen LogP contribution is 2.12. The summed E-state index contributed by atoms with van der Waals surface area (Å²) in [6, 6.07) is -0.817. The van der Waals surface area contributed by atoms with E-state index in [-0.39, 0.29) is 0 Å². The molecule has 6 heteroatoms. The number of alkyl halides is 3. The molecule has 2 N–H and O–H groups in total. The summed E-state index contributed by atoms with van der Waals surface area (Å²) in [4.78, 5) is 11.1. The number of hydrogen-bond acceptors (Lipinski definition) is 2. The van der Waals surface area contributed by atoms with Crippen molar-refractivity contribution >= 4 is 5.91 Å². The van der Waals surface area contributed by atoms with Crippen LogP contribution < -0.4 is 10.6 Å². The van der Waals surface area contributed by atoms with Crippen molar-refractivity contribution in [3.63, 3.8) is 0 Å². The lowest BCUT2D eigenvalue weighted by Crippen LogP contribution is -2.45. The van der Waals surface area contributed by atoms with Gasteiger partial charge in [0.15, 0.2) is 0 Å². The summed E-state index contributed by atoms with van der Waals surface area (Å²) in [5.74, 6) is -0.406. The van der Waals surface area contributed by atoms with Gasteiger partial charge in [-0.25, -0.2) is 0 Å². The summed E-state index contributed by atoms with van der Waals surface area (Å²) < 4.78 is 35.2. The van der Waals surface area contributed by atoms with E-state index < -0.39 is 24.7 Å². The normalized spacial score (nSPS) is 13.8. The van der Waals surface area contributed by atoms with E-state index in [0.717, 1.165) is 6.42 Å². The standard InChI is InChI=1S/C8H15F3N2O/c1-3-4-12-7(14)6(2)13-5-8(9,10)11/h6,13H,3-5H2,1-2H3,(H,12,14). The molecule has 0 spiro atoms. The Balaban J connectivity index is 3.73. The van der Waals surface area contributed by atoms with Gasteiger partial charge in [0.05, 0.1) is 12.6 Å². The minimum absolute atomic E-state index is 0.406. The van der Waals surface area contributed by atoms with Gasteiger partial charge in [0.25, 0.3) is 0 Å². The topological polar surface area (TPSA) is 41.1 Å². The SMILES string of the molecule is CCCNC(=O)C(C)NCC(F)(F)F. The van der Waals surface area contributed by atoms with Crippen molar-refractivity contribution in [3.8, 4) is 0 Å². The molecule has 0 aliphatic rings. The Morgan fingerprint density at radius 2 is 2.00 bits per heavy atom. The maximum absolute atomic E-state index is 11.7. The second-order valence-corrected chi connectivity index (χ2v) is 3.01. The Bertz CT molecular complexity index is 182. The molecule has 0 fully saturated rings. The molecule has 0 heterocycles. The van der Waals surface area contributed by atoms with Crippen LogP contribution in [0.2, 0.25) is 0 Å². The molecule has 0 saturated heterocycles. The molecule has 84 valence electrons. The molecule has 0 bridgehead atoms. The predicted molar refractivity (Wildman–Crippen MR) is 46.8 cm³/mol. The van der Waals surface area contributed by atoms with Crippen molar-refractivity contribution in [1.82, 2.24) is 10.6 Å². The number of nitrogens with one attached hydrogen (secondary N) is 2. The van der Waals surface area contributed by atoms with E-state index in [9.17, 15) is 18.0 Å². The van der Waals surface area contributed by atoms with Gasteiger partial charge in [0.1, 0.15) is 0 Å². The van der Waals surface area contributed by atoms with Gasteiger partial charge in [-0.3, -0.25) is 10.1 Å². The molecule has 0 rings (SSSR count). The maximum Gasteiger partial charge on any atom is 0.401 e. The number of carbonyl (C=O) groups excluding carboxylic acids is 1. The van der Waals surface area contributed by atoms with Crippen molar-refractivity contribution in [2.45, 2.75) is 32.5 Å². The van der Waals surface area contributed by atoms with Crippen molar-refractivity contribution in [2.75, 3.05) is 13.1 Å². The van der Waals surface area contributed by atoms with E-state index in [1.807, 2.05) is 6.92 Å². The molecular formula is C8H15F3N2O. The van der Waals surface area contributed by atoms with Crippen LogP contribution in [0.4, 0.5) is 13.2 Å². The molecule has 0 aliphatic carbocycles. The minimum atomic E-state index is -4.28. The van der Waals surface area contributed by atoms with Crippen molar-refractivity contribution in [3.05, 3.63) is 0 Å². The van der Waals surface area contributed by atoms with Crippen LogP contribution in [0.15, 0.2) is 0 Å². The van der Waals surface area contributed by atoms with Crippen LogP contribution in [-0.4, -0.2) is 31.2 Å². The van der Waals surface area contributed by atoms with Gasteiger partial charge < -0.3 is 5.32 Å². The highest BCUT2D eigenvalue weighted by Gasteiger charge is 2.28. The fourth-order valence-corrected chi connectivity index (χ4v) is 0.763. The van der Waals surface area contributed by atoms with Gasteiger partial charge in [-0.1, -0.05) is 6.92 Å². The Kier molecular flexibility index (Phi) is 5.52. The van der Waals surface area contributed by atoms with Crippen LogP contribution in [0.3, 0.4) is 0 Å². The van der Waals surface area contributed by atoms with Crippen LogP contribution >= 0.6 is 0 Å². The molecule has 1 atom stereocenters. The predicted octanol–water partition coefficient (Wildman–Crippen LogP) is 1.05. The first-order chi connectivity index (χ1) is 6.37. The summed E-state index contributed by atoms with van der Waals surface area (Å²) in [7, 11) is 0. The van der Waals surface area contributed by atoms with Crippen LogP contribution in [0.25, 0.3) is 0 Å². The first-order valence-corrected chi connectivity index (χ1v) is 4.44. The summed E-state index contributed by atoms with van der Waals surface area (Å²) in [5, 5.41) is 4.59. The molecule has 0 aliphatic heterocycles. The first kappa shape index (κ1) is 13.2. The van der Waals surface area contributed by atoms with Gasteiger partial charge in [0, 0.05) is 6.54 Å². The molecule has 0 radical (unpaired) electrons. The zero-order valence-corrected chi connectivity index (χ0v) is 8.24. The molecule has 0 aromatic heterocycles. The molecule has 3 nitrogen and oxygen atoms in total. The Morgan fingerprint density at radius 3 is 2.43 bits per heavy atom. The Morgan fingerprint density at radius 1 is 1.43 bits per heavy atom. The average Bonchev–Trinajstić information content (AvgIpc) is 2.09. The van der Waals surface area contributed by atoms with E-state index in [2.05, 4.69) is 10.6 Å². The molecule has 1 amide bonds. The lowest BCUT2D eigenvalue weighted by Gasteiger charge is -2.14. The van der Waals surface area contributed by atoms with Gasteiger partial charge in [-0.2, -0.15) is 13.2 Å². The van der Waals surface area contributed by atoms with E-state index in [4.69, 9.17) is 0 Å². The van der Waals surface area contributed by atoms with Crippen LogP contribution in [0.5, 0.6) is 0 Å². The minimum Gasteiger partial charge on any atom is -0.355 e. The second-order valence-electron chi connectivity index (χ2n) is 3.01. The lowest BCUT2D eigenvalue weighted by molar-refractivity contribution is -0.131. The Hall–Kier alpha value is -0.780. The summed E-state index contributed by atoms with van der Waals surface area (Å²) in [5.41, 5.74) is 0. The molecule has 0 aromatic carbocycles. The van der Waals surface area contributed by atoms with E-state index >= 15 is 0 Å². The lowest BCUT2D eigenvalue weighted by atomic mass is 10.3. The van der Waals surface area contributed by atoms with Gasteiger partial charge in [0.2, 0.25) is 5.91 Å². The third-order valence-corrected chi connectivity index (χ3v) is 1.55. The fourth-order valence-electron chi connectivity index (χ4n) is 0.763. The zero-order chi connectivity index (χ0) is 11.2. The summed E-state index contributed by atoms with van der Waals surface area (Å²) in [6.07, 6.45) is -3.52. The highest BCUT2D eigenvalue weighted by molar-refractivity contribution is 5.81. The zero-order valence-electron chi connectivity index (χ0n) is 8.24. The number of halogens is 3. The van der Waals surface area contributed by atoms with E-state index in [0.29, 0.717) is 6.54 Å². The third kappa shape index (κ3) is 6.71. The fraction of sp³-hybridized carbons (Fsp3) is 0.875. The monoisotopic (exact) mass is 212 g/mol.